The van der Waals surface area contributed by atoms with E-state index in [4.69, 9.17) is 15.7 Å². The summed E-state index contributed by atoms with van der Waals surface area (Å²) in [7, 11) is 1.66. The Morgan fingerprint density at radius 2 is 2.10 bits per heavy atom. The third-order valence-corrected chi connectivity index (χ3v) is 3.24. The van der Waals surface area contributed by atoms with Crippen LogP contribution in [0.2, 0.25) is 0 Å². The lowest BCUT2D eigenvalue weighted by Gasteiger charge is -2.23. The molecule has 0 amide bonds. The van der Waals surface area contributed by atoms with Crippen molar-refractivity contribution in [3.63, 3.8) is 0 Å². The molecule has 2 rings (SSSR count). The molecule has 0 saturated heterocycles. The highest BCUT2D eigenvalue weighted by Gasteiger charge is 2.09. The fraction of sp³-hybridized carbons (Fsp3) is 0.333. The van der Waals surface area contributed by atoms with Gasteiger partial charge in [-0.15, -0.1) is 0 Å². The van der Waals surface area contributed by atoms with E-state index < -0.39 is 0 Å². The van der Waals surface area contributed by atoms with E-state index in [1.54, 1.807) is 7.11 Å². The second-order valence-electron chi connectivity index (χ2n) is 4.68. The lowest BCUT2D eigenvalue weighted by molar-refractivity contribution is 0.205. The van der Waals surface area contributed by atoms with Gasteiger partial charge in [-0.2, -0.15) is 0 Å². The highest BCUT2D eigenvalue weighted by atomic mass is 16.5. The van der Waals surface area contributed by atoms with Gasteiger partial charge in [0, 0.05) is 32.0 Å². The predicted molar refractivity (Wildman–Crippen MR) is 83.9 cm³/mol. The van der Waals surface area contributed by atoms with E-state index in [9.17, 15) is 0 Å². The molecule has 0 bridgehead atoms. The summed E-state index contributed by atoms with van der Waals surface area (Å²) in [5.41, 5.74) is 6.49. The lowest BCUT2D eigenvalue weighted by Crippen LogP contribution is -2.31. The van der Waals surface area contributed by atoms with Crippen molar-refractivity contribution in [2.45, 2.75) is 6.42 Å². The van der Waals surface area contributed by atoms with Crippen LogP contribution in [-0.2, 0) is 4.74 Å². The molecule has 0 aliphatic carbocycles. The van der Waals surface area contributed by atoms with Gasteiger partial charge in [0.15, 0.2) is 0 Å². The molecule has 0 radical (unpaired) electrons. The molecule has 0 fully saturated rings. The number of amidine groups is 1. The maximum Gasteiger partial charge on any atom is 0.140 e. The van der Waals surface area contributed by atoms with Crippen molar-refractivity contribution in [3.05, 3.63) is 36.4 Å². The van der Waals surface area contributed by atoms with E-state index in [0.717, 1.165) is 16.7 Å². The van der Waals surface area contributed by atoms with Gasteiger partial charge in [-0.3, -0.25) is 0 Å². The number of methoxy groups -OCH3 is 1. The minimum atomic E-state index is 0.207. The van der Waals surface area contributed by atoms with Crippen molar-refractivity contribution < 1.29 is 9.94 Å². The zero-order chi connectivity index (χ0) is 15.1. The first kappa shape index (κ1) is 15.1. The van der Waals surface area contributed by atoms with Crippen molar-refractivity contribution in [1.29, 1.82) is 0 Å². The molecule has 112 valence electrons. The molecule has 1 aromatic heterocycles. The number of hydrogen-bond acceptors (Lipinski definition) is 5. The molecule has 21 heavy (non-hydrogen) atoms. The summed E-state index contributed by atoms with van der Waals surface area (Å²) in [6.07, 6.45) is 0.467. The average Bonchev–Trinajstić information content (AvgIpc) is 2.54. The summed E-state index contributed by atoms with van der Waals surface area (Å²) in [6.45, 7) is 1.90. The number of benzene rings is 1. The van der Waals surface area contributed by atoms with Crippen molar-refractivity contribution in [2.24, 2.45) is 10.9 Å². The van der Waals surface area contributed by atoms with Gasteiger partial charge >= 0.3 is 0 Å². The number of ether oxygens (including phenoxy) is 1. The van der Waals surface area contributed by atoms with Crippen LogP contribution in [0.3, 0.4) is 0 Å². The monoisotopic (exact) mass is 288 g/mol. The Morgan fingerprint density at radius 1 is 1.29 bits per heavy atom. The summed E-state index contributed by atoms with van der Waals surface area (Å²) in [6, 6.07) is 12.0. The average molecular weight is 288 g/mol. The molecule has 3 N–H and O–H groups in total. The Bertz CT molecular complexity index is 615. The molecule has 1 aromatic carbocycles. The SMILES string of the molecule is COCCN(CCC(N)=NO)c1ccc2ccccc2n1. The van der Waals surface area contributed by atoms with Crippen LogP contribution in [-0.4, -0.2) is 42.8 Å². The Morgan fingerprint density at radius 3 is 2.86 bits per heavy atom. The Kier molecular flexibility index (Phi) is 5.34. The third kappa shape index (κ3) is 4.06. The number of para-hydroxylation sites is 1. The number of aromatic nitrogens is 1. The minimum Gasteiger partial charge on any atom is -0.409 e. The first-order valence-electron chi connectivity index (χ1n) is 6.80. The summed E-state index contributed by atoms with van der Waals surface area (Å²) < 4.78 is 5.13. The number of oxime groups is 1. The van der Waals surface area contributed by atoms with E-state index in [2.05, 4.69) is 15.0 Å². The van der Waals surface area contributed by atoms with Crippen LogP contribution in [0, 0.1) is 0 Å². The molecule has 0 unspecified atom stereocenters. The molecular weight excluding hydrogens is 268 g/mol. The largest absolute Gasteiger partial charge is 0.409 e. The second-order valence-corrected chi connectivity index (χ2v) is 4.68. The number of fused-ring (bicyclic) bond motifs is 1. The van der Waals surface area contributed by atoms with Crippen molar-refractivity contribution >= 4 is 22.6 Å². The Labute approximate surface area is 123 Å². The highest BCUT2D eigenvalue weighted by molar-refractivity contribution is 5.81. The quantitative estimate of drug-likeness (QED) is 0.351. The van der Waals surface area contributed by atoms with Crippen molar-refractivity contribution in [1.82, 2.24) is 4.98 Å². The topological polar surface area (TPSA) is 84.0 Å². The molecule has 6 nitrogen and oxygen atoms in total. The Hall–Kier alpha value is -2.34. The summed E-state index contributed by atoms with van der Waals surface area (Å²) in [5.74, 6) is 1.06. The molecule has 1 heterocycles. The lowest BCUT2D eigenvalue weighted by atomic mass is 10.2. The second kappa shape index (κ2) is 7.44. The normalized spacial score (nSPS) is 11.8. The van der Waals surface area contributed by atoms with Gasteiger partial charge in [0.2, 0.25) is 0 Å². The van der Waals surface area contributed by atoms with Crippen LogP contribution < -0.4 is 10.6 Å². The fourth-order valence-electron chi connectivity index (χ4n) is 2.07. The van der Waals surface area contributed by atoms with Crippen LogP contribution in [0.5, 0.6) is 0 Å². The Balaban J connectivity index is 2.20. The molecule has 0 atom stereocenters. The molecule has 2 aromatic rings. The van der Waals surface area contributed by atoms with Crippen LogP contribution in [0.4, 0.5) is 5.82 Å². The summed E-state index contributed by atoms with van der Waals surface area (Å²) in [5, 5.41) is 12.7. The zero-order valence-electron chi connectivity index (χ0n) is 12.1. The first-order chi connectivity index (χ1) is 10.2. The molecule has 0 aliphatic heterocycles. The van der Waals surface area contributed by atoms with Crippen molar-refractivity contribution in [2.75, 3.05) is 31.7 Å². The van der Waals surface area contributed by atoms with Gasteiger partial charge in [0.1, 0.15) is 11.7 Å². The third-order valence-electron chi connectivity index (χ3n) is 3.24. The standard InChI is InChI=1S/C15H20N4O2/c1-21-11-10-19(9-8-14(16)18-20)15-7-6-12-4-2-3-5-13(12)17-15/h2-7,20H,8-11H2,1H3,(H2,16,18). The molecule has 0 spiro atoms. The molecular formula is C15H20N4O2. The van der Waals surface area contributed by atoms with Crippen LogP contribution in [0.1, 0.15) is 6.42 Å². The van der Waals surface area contributed by atoms with E-state index in [-0.39, 0.29) is 5.84 Å². The number of anilines is 1. The fourth-order valence-corrected chi connectivity index (χ4v) is 2.07. The first-order valence-corrected chi connectivity index (χ1v) is 6.80. The van der Waals surface area contributed by atoms with Gasteiger partial charge < -0.3 is 20.6 Å². The van der Waals surface area contributed by atoms with E-state index in [1.807, 2.05) is 36.4 Å². The van der Waals surface area contributed by atoms with Gasteiger partial charge in [-0.05, 0) is 18.2 Å². The van der Waals surface area contributed by atoms with Gasteiger partial charge in [-0.1, -0.05) is 23.4 Å². The minimum absolute atomic E-state index is 0.207. The van der Waals surface area contributed by atoms with E-state index in [1.165, 1.54) is 0 Å². The summed E-state index contributed by atoms with van der Waals surface area (Å²) >= 11 is 0. The predicted octanol–water partition coefficient (Wildman–Crippen LogP) is 1.82. The summed E-state index contributed by atoms with van der Waals surface area (Å²) in [4.78, 5) is 6.72. The van der Waals surface area contributed by atoms with E-state index in [0.29, 0.717) is 26.1 Å². The zero-order valence-corrected chi connectivity index (χ0v) is 12.1. The maximum atomic E-state index is 8.64. The molecule has 0 saturated carbocycles. The van der Waals surface area contributed by atoms with E-state index >= 15 is 0 Å². The maximum absolute atomic E-state index is 8.64. The van der Waals surface area contributed by atoms with Gasteiger partial charge in [0.25, 0.3) is 0 Å². The van der Waals surface area contributed by atoms with Gasteiger partial charge in [0.05, 0.1) is 12.1 Å². The molecule has 0 aliphatic rings. The van der Waals surface area contributed by atoms with Gasteiger partial charge in [-0.25, -0.2) is 4.98 Å². The number of hydrogen-bond donors (Lipinski definition) is 2. The number of nitrogens with two attached hydrogens (primary N) is 1. The highest BCUT2D eigenvalue weighted by Crippen LogP contribution is 2.18. The van der Waals surface area contributed by atoms with Crippen molar-refractivity contribution in [3.8, 4) is 0 Å². The molecule has 6 heteroatoms. The number of nitrogens with zero attached hydrogens (tertiary/aromatic N) is 3. The van der Waals surface area contributed by atoms with Crippen LogP contribution in [0.25, 0.3) is 10.9 Å². The number of pyridine rings is 1. The number of rotatable bonds is 7. The van der Waals surface area contributed by atoms with Crippen LogP contribution in [0.15, 0.2) is 41.6 Å². The smallest absolute Gasteiger partial charge is 0.140 e. The van der Waals surface area contributed by atoms with Crippen LogP contribution >= 0.6 is 0 Å².